The van der Waals surface area contributed by atoms with Gasteiger partial charge in [0.2, 0.25) is 0 Å². The molecule has 3 aromatic rings. The number of hydrogen-bond acceptors (Lipinski definition) is 5. The first kappa shape index (κ1) is 17.5. The van der Waals surface area contributed by atoms with E-state index in [1.54, 1.807) is 6.20 Å². The average Bonchev–Trinajstić information content (AvgIpc) is 3.24. The van der Waals surface area contributed by atoms with Crippen LogP contribution >= 0.6 is 11.8 Å². The molecule has 5 nitrogen and oxygen atoms in total. The zero-order chi connectivity index (χ0) is 18.0. The smallest absolute Gasteiger partial charge is 0.277 e. The van der Waals surface area contributed by atoms with Gasteiger partial charge in [-0.3, -0.25) is 4.79 Å². The highest BCUT2D eigenvalue weighted by molar-refractivity contribution is 8.00. The quantitative estimate of drug-likeness (QED) is 0.529. The van der Waals surface area contributed by atoms with Crippen LogP contribution in [0, 0.1) is 0 Å². The van der Waals surface area contributed by atoms with Gasteiger partial charge in [0, 0.05) is 11.8 Å². The molecular formula is C19H21N3O2S. The lowest BCUT2D eigenvalue weighted by Gasteiger charge is -2.19. The fraction of sp³-hybridized carbons (Fsp3) is 0.316. The lowest BCUT2D eigenvalue weighted by molar-refractivity contribution is 0.0993. The zero-order valence-corrected chi connectivity index (χ0v) is 15.6. The van der Waals surface area contributed by atoms with Crippen LogP contribution in [-0.4, -0.2) is 26.2 Å². The van der Waals surface area contributed by atoms with Crippen molar-refractivity contribution in [2.75, 3.05) is 0 Å². The largest absolute Gasteiger partial charge is 0.410 e. The number of benzene rings is 1. The monoisotopic (exact) mass is 355 g/mol. The topological polar surface area (TPSA) is 71.8 Å². The Morgan fingerprint density at radius 3 is 2.48 bits per heavy atom. The number of Topliss-reactive ketones (excluding diaryl/α,β-unsaturated/α-hetero) is 1. The maximum Gasteiger partial charge on any atom is 0.277 e. The molecule has 0 aliphatic rings. The Bertz CT molecular complexity index is 846. The number of nitrogens with one attached hydrogen (secondary N) is 1. The number of H-pyrrole nitrogens is 1. The molecule has 2 heterocycles. The Labute approximate surface area is 151 Å². The van der Waals surface area contributed by atoms with Crippen LogP contribution in [0.15, 0.2) is 52.2 Å². The Morgan fingerprint density at radius 1 is 1.16 bits per heavy atom. The minimum Gasteiger partial charge on any atom is -0.410 e. The molecular weight excluding hydrogens is 334 g/mol. The third kappa shape index (κ3) is 4.02. The van der Waals surface area contributed by atoms with Crippen LogP contribution in [0.5, 0.6) is 0 Å². The van der Waals surface area contributed by atoms with Crippen LogP contribution in [0.1, 0.15) is 43.6 Å². The molecule has 1 atom stereocenters. The summed E-state index contributed by atoms with van der Waals surface area (Å²) >= 11 is 1.27. The van der Waals surface area contributed by atoms with Crippen molar-refractivity contribution >= 4 is 17.5 Å². The highest BCUT2D eigenvalue weighted by atomic mass is 32.2. The normalized spacial score (nSPS) is 13.0. The average molecular weight is 355 g/mol. The molecule has 25 heavy (non-hydrogen) atoms. The molecule has 0 aliphatic heterocycles. The van der Waals surface area contributed by atoms with E-state index in [2.05, 4.69) is 36.0 Å². The van der Waals surface area contributed by atoms with Crippen molar-refractivity contribution in [3.05, 3.63) is 53.7 Å². The van der Waals surface area contributed by atoms with Gasteiger partial charge in [-0.2, -0.15) is 0 Å². The molecule has 0 amide bonds. The summed E-state index contributed by atoms with van der Waals surface area (Å²) in [7, 11) is 0. The molecule has 1 aromatic carbocycles. The van der Waals surface area contributed by atoms with Crippen molar-refractivity contribution in [2.45, 2.75) is 43.6 Å². The van der Waals surface area contributed by atoms with Crippen LogP contribution in [0.2, 0.25) is 0 Å². The van der Waals surface area contributed by atoms with Gasteiger partial charge in [0.05, 0.1) is 5.25 Å². The number of carbonyl (C=O) groups is 1. The zero-order valence-electron chi connectivity index (χ0n) is 14.7. The number of aromatic nitrogens is 3. The number of rotatable bonds is 5. The number of ketones is 1. The molecule has 6 heteroatoms. The van der Waals surface area contributed by atoms with Crippen molar-refractivity contribution in [1.29, 1.82) is 0 Å². The summed E-state index contributed by atoms with van der Waals surface area (Å²) in [5.41, 5.74) is 2.73. The van der Waals surface area contributed by atoms with Gasteiger partial charge in [0.1, 0.15) is 5.69 Å². The van der Waals surface area contributed by atoms with E-state index in [1.165, 1.54) is 17.3 Å². The fourth-order valence-corrected chi connectivity index (χ4v) is 3.16. The third-order valence-electron chi connectivity index (χ3n) is 3.92. The molecule has 0 unspecified atom stereocenters. The summed E-state index contributed by atoms with van der Waals surface area (Å²) in [6.45, 7) is 8.31. The lowest BCUT2D eigenvalue weighted by atomic mass is 9.86. The summed E-state index contributed by atoms with van der Waals surface area (Å²) in [5.74, 6) is 0.465. The minimum atomic E-state index is -0.308. The van der Waals surface area contributed by atoms with Gasteiger partial charge in [-0.15, -0.1) is 10.2 Å². The highest BCUT2D eigenvalue weighted by Gasteiger charge is 2.21. The maximum absolute atomic E-state index is 12.6. The SMILES string of the molecule is C[C@H](Sc1nnc(-c2ccc[nH]2)o1)C(=O)c1ccc(C(C)(C)C)cc1. The summed E-state index contributed by atoms with van der Waals surface area (Å²) < 4.78 is 5.61. The predicted molar refractivity (Wildman–Crippen MR) is 98.9 cm³/mol. The summed E-state index contributed by atoms with van der Waals surface area (Å²) in [6, 6.07) is 11.5. The molecule has 3 rings (SSSR count). The second kappa shape index (κ2) is 6.88. The predicted octanol–water partition coefficient (Wildman–Crippen LogP) is 4.73. The molecule has 1 N–H and O–H groups in total. The summed E-state index contributed by atoms with van der Waals surface area (Å²) in [5, 5.41) is 8.09. The number of carbonyl (C=O) groups excluding carboxylic acids is 1. The third-order valence-corrected chi connectivity index (χ3v) is 4.85. The molecule has 2 aromatic heterocycles. The van der Waals surface area contributed by atoms with E-state index in [1.807, 2.05) is 43.3 Å². The molecule has 0 aliphatic carbocycles. The van der Waals surface area contributed by atoms with E-state index in [-0.39, 0.29) is 16.4 Å². The van der Waals surface area contributed by atoms with E-state index in [4.69, 9.17) is 4.42 Å². The molecule has 0 fully saturated rings. The standard InChI is InChI=1S/C19H21N3O2S/c1-12(16(23)13-7-9-14(10-8-13)19(2,3)4)25-18-22-21-17(24-18)15-6-5-11-20-15/h5-12,20H,1-4H3/t12-/m0/s1. The number of nitrogens with zero attached hydrogens (tertiary/aromatic N) is 2. The number of hydrogen-bond donors (Lipinski definition) is 1. The highest BCUT2D eigenvalue weighted by Crippen LogP contribution is 2.28. The van der Waals surface area contributed by atoms with Crippen molar-refractivity contribution in [1.82, 2.24) is 15.2 Å². The fourth-order valence-electron chi connectivity index (χ4n) is 2.40. The van der Waals surface area contributed by atoms with Gasteiger partial charge >= 0.3 is 0 Å². The van der Waals surface area contributed by atoms with Crippen LogP contribution in [-0.2, 0) is 5.41 Å². The minimum absolute atomic E-state index is 0.0464. The first-order valence-electron chi connectivity index (χ1n) is 8.13. The summed E-state index contributed by atoms with van der Waals surface area (Å²) in [6.07, 6.45) is 1.79. The number of aromatic amines is 1. The van der Waals surface area contributed by atoms with Crippen molar-refractivity contribution in [3.8, 4) is 11.6 Å². The Balaban J connectivity index is 1.68. The van der Waals surface area contributed by atoms with E-state index < -0.39 is 0 Å². The van der Waals surface area contributed by atoms with Crippen LogP contribution < -0.4 is 0 Å². The van der Waals surface area contributed by atoms with Gasteiger partial charge in [-0.05, 0) is 30.0 Å². The second-order valence-electron chi connectivity index (χ2n) is 6.91. The van der Waals surface area contributed by atoms with Crippen LogP contribution in [0.3, 0.4) is 0 Å². The number of thioether (sulfide) groups is 1. The van der Waals surface area contributed by atoms with E-state index in [0.717, 1.165) is 5.69 Å². The van der Waals surface area contributed by atoms with Crippen LogP contribution in [0.25, 0.3) is 11.6 Å². The van der Waals surface area contributed by atoms with Gasteiger partial charge in [0.15, 0.2) is 5.78 Å². The van der Waals surface area contributed by atoms with Crippen molar-refractivity contribution in [3.63, 3.8) is 0 Å². The Morgan fingerprint density at radius 2 is 1.88 bits per heavy atom. The van der Waals surface area contributed by atoms with E-state index in [9.17, 15) is 4.79 Å². The molecule has 0 radical (unpaired) electrons. The van der Waals surface area contributed by atoms with E-state index in [0.29, 0.717) is 16.7 Å². The van der Waals surface area contributed by atoms with Gasteiger partial charge in [-0.1, -0.05) is 56.8 Å². The Kier molecular flexibility index (Phi) is 4.81. The molecule has 130 valence electrons. The van der Waals surface area contributed by atoms with Crippen molar-refractivity contribution in [2.24, 2.45) is 0 Å². The first-order chi connectivity index (χ1) is 11.8. The maximum atomic E-state index is 12.6. The lowest BCUT2D eigenvalue weighted by Crippen LogP contribution is -2.15. The molecule has 0 saturated carbocycles. The molecule has 0 spiro atoms. The van der Waals surface area contributed by atoms with E-state index >= 15 is 0 Å². The first-order valence-corrected chi connectivity index (χ1v) is 9.01. The van der Waals surface area contributed by atoms with Gasteiger partial charge in [-0.25, -0.2) is 0 Å². The van der Waals surface area contributed by atoms with Crippen LogP contribution in [0.4, 0.5) is 0 Å². The Hall–Kier alpha value is -2.34. The second-order valence-corrected chi connectivity index (χ2v) is 8.20. The summed E-state index contributed by atoms with van der Waals surface area (Å²) in [4.78, 5) is 15.6. The van der Waals surface area contributed by atoms with Gasteiger partial charge < -0.3 is 9.40 Å². The molecule has 0 bridgehead atoms. The van der Waals surface area contributed by atoms with Gasteiger partial charge in [0.25, 0.3) is 11.1 Å². The van der Waals surface area contributed by atoms with Crippen molar-refractivity contribution < 1.29 is 9.21 Å². The molecule has 0 saturated heterocycles.